The highest BCUT2D eigenvalue weighted by Gasteiger charge is 2.15. The number of non-ortho nitro benzene ring substituents is 1. The van der Waals surface area contributed by atoms with Crippen LogP contribution in [-0.4, -0.2) is 32.5 Å². The Morgan fingerprint density at radius 1 is 1.25 bits per heavy atom. The number of nitro benzene ring substituents is 1. The van der Waals surface area contributed by atoms with Gasteiger partial charge in [-0.25, -0.2) is 4.98 Å². The van der Waals surface area contributed by atoms with Gasteiger partial charge in [0.1, 0.15) is 0 Å². The first kappa shape index (κ1) is 12.8. The monoisotopic (exact) mass is 272 g/mol. The molecule has 0 atom stereocenters. The van der Waals surface area contributed by atoms with Gasteiger partial charge >= 0.3 is 0 Å². The number of nitro groups is 1. The Morgan fingerprint density at radius 2 is 2.05 bits per heavy atom. The van der Waals surface area contributed by atoms with E-state index in [4.69, 9.17) is 0 Å². The van der Waals surface area contributed by atoms with Crippen LogP contribution in [-0.2, 0) is 19.5 Å². The molecule has 1 aromatic carbocycles. The highest BCUT2D eigenvalue weighted by atomic mass is 16.6. The zero-order valence-electron chi connectivity index (χ0n) is 11.1. The predicted octanol–water partition coefficient (Wildman–Crippen LogP) is 1.85. The maximum absolute atomic E-state index is 10.6. The molecule has 1 aliphatic rings. The summed E-state index contributed by atoms with van der Waals surface area (Å²) in [5, 5.41) is 10.6. The summed E-state index contributed by atoms with van der Waals surface area (Å²) in [6.07, 6.45) is 4.70. The van der Waals surface area contributed by atoms with Gasteiger partial charge in [-0.2, -0.15) is 0 Å². The van der Waals surface area contributed by atoms with E-state index in [1.165, 1.54) is 5.69 Å². The number of imidazole rings is 1. The minimum absolute atomic E-state index is 0.149. The van der Waals surface area contributed by atoms with Crippen molar-refractivity contribution in [2.45, 2.75) is 19.5 Å². The summed E-state index contributed by atoms with van der Waals surface area (Å²) in [7, 11) is 0. The zero-order valence-corrected chi connectivity index (χ0v) is 11.1. The van der Waals surface area contributed by atoms with Gasteiger partial charge in [0, 0.05) is 44.5 Å². The molecule has 0 bridgehead atoms. The van der Waals surface area contributed by atoms with Crippen molar-refractivity contribution in [3.63, 3.8) is 0 Å². The third kappa shape index (κ3) is 2.70. The molecule has 2 heterocycles. The molecule has 104 valence electrons. The third-order valence-electron chi connectivity index (χ3n) is 3.71. The van der Waals surface area contributed by atoms with Crippen LogP contribution in [0.25, 0.3) is 0 Å². The lowest BCUT2D eigenvalue weighted by Crippen LogP contribution is -2.34. The van der Waals surface area contributed by atoms with Crippen molar-refractivity contribution in [3.05, 3.63) is 58.2 Å². The van der Waals surface area contributed by atoms with Crippen molar-refractivity contribution < 1.29 is 4.92 Å². The smallest absolute Gasteiger partial charge is 0.269 e. The fourth-order valence-electron chi connectivity index (χ4n) is 2.50. The van der Waals surface area contributed by atoms with E-state index < -0.39 is 0 Å². The van der Waals surface area contributed by atoms with Gasteiger partial charge in [-0.1, -0.05) is 12.1 Å². The predicted molar refractivity (Wildman–Crippen MR) is 74.3 cm³/mol. The van der Waals surface area contributed by atoms with Crippen LogP contribution in [0.1, 0.15) is 11.3 Å². The minimum atomic E-state index is -0.366. The van der Waals surface area contributed by atoms with Gasteiger partial charge in [-0.15, -0.1) is 0 Å². The van der Waals surface area contributed by atoms with Crippen molar-refractivity contribution in [3.8, 4) is 0 Å². The highest BCUT2D eigenvalue weighted by molar-refractivity contribution is 5.32. The van der Waals surface area contributed by atoms with E-state index in [-0.39, 0.29) is 10.6 Å². The van der Waals surface area contributed by atoms with E-state index in [1.807, 2.05) is 24.7 Å². The second-order valence-electron chi connectivity index (χ2n) is 5.03. The van der Waals surface area contributed by atoms with Crippen molar-refractivity contribution in [1.82, 2.24) is 14.5 Å². The van der Waals surface area contributed by atoms with Gasteiger partial charge in [0.2, 0.25) is 0 Å². The first-order chi connectivity index (χ1) is 9.72. The third-order valence-corrected chi connectivity index (χ3v) is 3.71. The van der Waals surface area contributed by atoms with Gasteiger partial charge in [-0.3, -0.25) is 15.0 Å². The van der Waals surface area contributed by atoms with Gasteiger partial charge in [0.05, 0.1) is 16.9 Å². The van der Waals surface area contributed by atoms with Crippen LogP contribution < -0.4 is 0 Å². The number of fused-ring (bicyclic) bond motifs is 1. The van der Waals surface area contributed by atoms with E-state index in [0.29, 0.717) is 0 Å². The molecule has 0 saturated heterocycles. The average molecular weight is 272 g/mol. The minimum Gasteiger partial charge on any atom is -0.332 e. The second kappa shape index (κ2) is 5.42. The lowest BCUT2D eigenvalue weighted by molar-refractivity contribution is -0.384. The quantitative estimate of drug-likeness (QED) is 0.629. The Labute approximate surface area is 116 Å². The molecule has 6 nitrogen and oxygen atoms in total. The first-order valence-electron chi connectivity index (χ1n) is 6.67. The highest BCUT2D eigenvalue weighted by Crippen LogP contribution is 2.15. The average Bonchev–Trinajstić information content (AvgIpc) is 2.93. The molecule has 0 saturated carbocycles. The molecule has 20 heavy (non-hydrogen) atoms. The molecule has 1 aliphatic heterocycles. The van der Waals surface area contributed by atoms with Crippen molar-refractivity contribution in [2.24, 2.45) is 0 Å². The SMILES string of the molecule is O=[N+]([O-])c1ccc(CCN2CCn3cncc3C2)cc1. The Bertz CT molecular complexity index is 606. The maximum atomic E-state index is 10.6. The molecular formula is C14H16N4O2. The largest absolute Gasteiger partial charge is 0.332 e. The van der Waals surface area contributed by atoms with Crippen LogP contribution in [0.2, 0.25) is 0 Å². The number of nitrogens with zero attached hydrogens (tertiary/aromatic N) is 4. The van der Waals surface area contributed by atoms with Gasteiger partial charge in [0.15, 0.2) is 0 Å². The Morgan fingerprint density at radius 3 is 2.80 bits per heavy atom. The summed E-state index contributed by atoms with van der Waals surface area (Å²) in [6, 6.07) is 6.82. The Kier molecular flexibility index (Phi) is 3.47. The van der Waals surface area contributed by atoms with E-state index in [0.717, 1.165) is 38.2 Å². The normalized spacial score (nSPS) is 15.0. The Balaban J connectivity index is 1.56. The van der Waals surface area contributed by atoms with Crippen molar-refractivity contribution in [1.29, 1.82) is 0 Å². The van der Waals surface area contributed by atoms with E-state index in [2.05, 4.69) is 14.5 Å². The van der Waals surface area contributed by atoms with Crippen LogP contribution in [0.4, 0.5) is 5.69 Å². The number of rotatable bonds is 4. The summed E-state index contributed by atoms with van der Waals surface area (Å²) in [5.41, 5.74) is 2.53. The van der Waals surface area contributed by atoms with Crippen LogP contribution in [0.3, 0.4) is 0 Å². The number of aromatic nitrogens is 2. The number of benzene rings is 1. The Hall–Kier alpha value is -2.21. The molecule has 2 aromatic rings. The van der Waals surface area contributed by atoms with E-state index in [1.54, 1.807) is 12.1 Å². The molecule has 0 unspecified atom stereocenters. The van der Waals surface area contributed by atoms with Crippen molar-refractivity contribution in [2.75, 3.05) is 13.1 Å². The van der Waals surface area contributed by atoms with Crippen LogP contribution in [0.5, 0.6) is 0 Å². The molecule has 0 spiro atoms. The van der Waals surface area contributed by atoms with Crippen molar-refractivity contribution >= 4 is 5.69 Å². The molecule has 0 amide bonds. The number of hydrogen-bond donors (Lipinski definition) is 0. The van der Waals surface area contributed by atoms with Crippen LogP contribution in [0.15, 0.2) is 36.8 Å². The molecule has 3 rings (SSSR count). The van der Waals surface area contributed by atoms with Gasteiger partial charge < -0.3 is 4.57 Å². The van der Waals surface area contributed by atoms with Gasteiger partial charge in [0.25, 0.3) is 5.69 Å². The fraction of sp³-hybridized carbons (Fsp3) is 0.357. The summed E-state index contributed by atoms with van der Waals surface area (Å²) in [4.78, 5) is 16.8. The standard InChI is InChI=1S/C14H16N4O2/c19-18(20)13-3-1-12(2-4-13)5-6-16-7-8-17-11-15-9-14(17)10-16/h1-4,9,11H,5-8,10H2. The lowest BCUT2D eigenvalue weighted by Gasteiger charge is -2.27. The van der Waals surface area contributed by atoms with Gasteiger partial charge in [-0.05, 0) is 12.0 Å². The van der Waals surface area contributed by atoms with Crippen LogP contribution in [0, 0.1) is 10.1 Å². The summed E-state index contributed by atoms with van der Waals surface area (Å²) in [5.74, 6) is 0. The molecule has 0 N–H and O–H groups in total. The molecule has 0 radical (unpaired) electrons. The van der Waals surface area contributed by atoms with Crippen LogP contribution >= 0.6 is 0 Å². The zero-order chi connectivity index (χ0) is 13.9. The van der Waals surface area contributed by atoms with E-state index >= 15 is 0 Å². The number of hydrogen-bond acceptors (Lipinski definition) is 4. The maximum Gasteiger partial charge on any atom is 0.269 e. The summed E-state index contributed by atoms with van der Waals surface area (Å²) >= 11 is 0. The molecule has 0 fully saturated rings. The lowest BCUT2D eigenvalue weighted by atomic mass is 10.1. The molecule has 1 aromatic heterocycles. The second-order valence-corrected chi connectivity index (χ2v) is 5.03. The van der Waals surface area contributed by atoms with E-state index in [9.17, 15) is 10.1 Å². The first-order valence-corrected chi connectivity index (χ1v) is 6.67. The molecule has 6 heteroatoms. The summed E-state index contributed by atoms with van der Waals surface area (Å²) < 4.78 is 2.18. The summed E-state index contributed by atoms with van der Waals surface area (Å²) in [6.45, 7) is 3.89. The topological polar surface area (TPSA) is 64.2 Å². The fourth-order valence-corrected chi connectivity index (χ4v) is 2.50. The molecular weight excluding hydrogens is 256 g/mol. The molecule has 0 aliphatic carbocycles.